The van der Waals surface area contributed by atoms with Gasteiger partial charge in [0.2, 0.25) is 5.91 Å². The van der Waals surface area contributed by atoms with Crippen molar-refractivity contribution in [3.8, 4) is 22.8 Å². The summed E-state index contributed by atoms with van der Waals surface area (Å²) < 4.78 is 13.9. The number of rotatable bonds is 15. The van der Waals surface area contributed by atoms with Gasteiger partial charge in [0.25, 0.3) is 5.91 Å². The minimum absolute atomic E-state index is 0.0128. The number of aromatic nitrogens is 4. The zero-order valence-electron chi connectivity index (χ0n) is 31.5. The average molecular weight is 774 g/mol. The molecule has 0 aliphatic carbocycles. The summed E-state index contributed by atoms with van der Waals surface area (Å²) in [4.78, 5) is 46.1. The number of fused-ring (bicyclic) bond motifs is 2. The van der Waals surface area contributed by atoms with Gasteiger partial charge in [-0.05, 0) is 74.3 Å². The van der Waals surface area contributed by atoms with Crippen LogP contribution in [0.4, 0.5) is 5.82 Å². The zero-order chi connectivity index (χ0) is 38.3. The van der Waals surface area contributed by atoms with Crippen molar-refractivity contribution in [1.82, 2.24) is 34.4 Å². The molecule has 2 N–H and O–H groups in total. The summed E-state index contributed by atoms with van der Waals surface area (Å²) in [5.74, 6) is 2.74. The van der Waals surface area contributed by atoms with E-state index in [4.69, 9.17) is 20.3 Å². The number of amides is 2. The fourth-order valence-electron chi connectivity index (χ4n) is 7.68. The number of hydrogen-bond donors (Lipinski definition) is 1. The van der Waals surface area contributed by atoms with E-state index in [1.165, 1.54) is 6.33 Å². The van der Waals surface area contributed by atoms with Crippen molar-refractivity contribution >= 4 is 46.6 Å². The van der Waals surface area contributed by atoms with Crippen LogP contribution in [0.3, 0.4) is 0 Å². The molecule has 2 amide bonds. The van der Waals surface area contributed by atoms with Gasteiger partial charge in [-0.2, -0.15) is 5.10 Å². The van der Waals surface area contributed by atoms with Crippen molar-refractivity contribution in [2.75, 3.05) is 77.1 Å². The summed E-state index contributed by atoms with van der Waals surface area (Å²) in [7, 11) is 0. The van der Waals surface area contributed by atoms with Gasteiger partial charge in [0.15, 0.2) is 5.65 Å². The second kappa shape index (κ2) is 17.8. The topological polar surface area (TPSA) is 144 Å². The number of ether oxygens (including phenoxy) is 2. The molecule has 1 atom stereocenters. The van der Waals surface area contributed by atoms with Crippen LogP contribution in [0.2, 0.25) is 0 Å². The highest BCUT2D eigenvalue weighted by Gasteiger charge is 2.29. The molecule has 56 heavy (non-hydrogen) atoms. The molecule has 2 saturated heterocycles. The molecule has 5 aromatic rings. The third-order valence-electron chi connectivity index (χ3n) is 10.7. The third kappa shape index (κ3) is 8.78. The number of nitrogen functional groups attached to an aromatic ring is 1. The van der Waals surface area contributed by atoms with Crippen molar-refractivity contribution in [1.29, 1.82) is 0 Å². The second-order valence-electron chi connectivity index (χ2n) is 14.4. The number of piperazine rings is 1. The third-order valence-corrected chi connectivity index (χ3v) is 11.7. The molecule has 0 saturated carbocycles. The lowest BCUT2D eigenvalue weighted by Crippen LogP contribution is -2.47. The van der Waals surface area contributed by atoms with E-state index >= 15 is 0 Å². The van der Waals surface area contributed by atoms with Crippen LogP contribution >= 0.6 is 11.8 Å². The number of nitrogens with zero attached hydrogens (tertiary/aromatic N) is 8. The molecule has 290 valence electrons. The number of aliphatic imine (C=N–C) groups is 1. The van der Waals surface area contributed by atoms with Gasteiger partial charge in [-0.3, -0.25) is 14.5 Å². The van der Waals surface area contributed by atoms with Crippen LogP contribution in [0.5, 0.6) is 11.5 Å². The number of piperidine rings is 1. The molecule has 3 aromatic carbocycles. The van der Waals surface area contributed by atoms with Crippen molar-refractivity contribution in [3.63, 3.8) is 0 Å². The van der Waals surface area contributed by atoms with Gasteiger partial charge in [0.05, 0.1) is 30.2 Å². The molecular formula is C42H47N9O4S. The van der Waals surface area contributed by atoms with E-state index in [1.54, 1.807) is 18.0 Å². The van der Waals surface area contributed by atoms with Crippen LogP contribution in [-0.4, -0.2) is 124 Å². The molecule has 0 bridgehead atoms. The molecule has 5 heterocycles. The Bertz CT molecular complexity index is 2170. The average Bonchev–Trinajstić information content (AvgIpc) is 3.82. The maximum Gasteiger partial charge on any atom is 0.277 e. The number of thioether (sulfide) groups is 1. The minimum atomic E-state index is -0.161. The summed E-state index contributed by atoms with van der Waals surface area (Å²) in [6.45, 7) is 8.54. The molecular weight excluding hydrogens is 727 g/mol. The van der Waals surface area contributed by atoms with E-state index in [-0.39, 0.29) is 17.9 Å². The monoisotopic (exact) mass is 773 g/mol. The molecule has 0 spiro atoms. The first kappa shape index (κ1) is 37.8. The lowest BCUT2D eigenvalue weighted by Gasteiger charge is -2.35. The standard InChI is InChI=1S/C42H47N9O4S/c43-40-38-39(30-13-15-33(16-14-30)55-32-8-2-1-3-9-32)47-51(41(38)46-29-45-40)31-7-5-18-50(28-31)37(52)12-6-17-48-19-21-49(22-20-48)23-24-54-25-26-56-36-11-4-10-34-35(36)27-44-42(34)53/h1-4,8-11,13-16,27,29,31H,5-7,12,17-26,28H2,(H2,43,45,46)/t31-/m1/s1. The van der Waals surface area contributed by atoms with Crippen molar-refractivity contribution in [2.45, 2.75) is 36.6 Å². The molecule has 2 aromatic heterocycles. The summed E-state index contributed by atoms with van der Waals surface area (Å²) in [5.41, 5.74) is 10.3. The Labute approximate surface area is 330 Å². The van der Waals surface area contributed by atoms with Gasteiger partial charge in [-0.1, -0.05) is 24.3 Å². The fraction of sp³-hybridized carbons (Fsp3) is 0.381. The first-order chi connectivity index (χ1) is 27.5. The summed E-state index contributed by atoms with van der Waals surface area (Å²) in [6, 6.07) is 23.2. The Hall–Kier alpha value is -5.15. The van der Waals surface area contributed by atoms with Crippen LogP contribution in [0.1, 0.15) is 47.6 Å². The van der Waals surface area contributed by atoms with E-state index in [1.807, 2.05) is 82.4 Å². The first-order valence-electron chi connectivity index (χ1n) is 19.5. The van der Waals surface area contributed by atoms with Crippen LogP contribution in [-0.2, 0) is 9.53 Å². The Morgan fingerprint density at radius 1 is 0.875 bits per heavy atom. The maximum absolute atomic E-state index is 13.5. The highest BCUT2D eigenvalue weighted by molar-refractivity contribution is 7.99. The number of carbonyl (C=O) groups excluding carboxylic acids is 2. The molecule has 8 rings (SSSR count). The van der Waals surface area contributed by atoms with E-state index in [0.29, 0.717) is 43.2 Å². The Balaban J connectivity index is 0.770. The van der Waals surface area contributed by atoms with E-state index in [9.17, 15) is 9.59 Å². The molecule has 14 heteroatoms. The highest BCUT2D eigenvalue weighted by Crippen LogP contribution is 2.35. The largest absolute Gasteiger partial charge is 0.457 e. The Morgan fingerprint density at radius 2 is 1.66 bits per heavy atom. The normalized spacial score (nSPS) is 17.5. The minimum Gasteiger partial charge on any atom is -0.457 e. The van der Waals surface area contributed by atoms with E-state index in [2.05, 4.69) is 24.8 Å². The number of carbonyl (C=O) groups is 2. The molecule has 13 nitrogen and oxygen atoms in total. The first-order valence-corrected chi connectivity index (χ1v) is 20.4. The molecule has 3 aliphatic heterocycles. The van der Waals surface area contributed by atoms with Gasteiger partial charge < -0.3 is 25.0 Å². The molecule has 3 aliphatic rings. The van der Waals surface area contributed by atoms with Gasteiger partial charge in [-0.25, -0.2) is 19.6 Å². The lowest BCUT2D eigenvalue weighted by atomic mass is 10.0. The van der Waals surface area contributed by atoms with Gasteiger partial charge in [0.1, 0.15) is 29.3 Å². The van der Waals surface area contributed by atoms with Crippen LogP contribution < -0.4 is 10.5 Å². The van der Waals surface area contributed by atoms with Crippen molar-refractivity contribution < 1.29 is 19.1 Å². The SMILES string of the molecule is Nc1ncnc2c1c(-c1ccc(Oc3ccccc3)cc1)nn2[C@@H]1CCCN(C(=O)CCCN2CCN(CCOCCSc3cccc4c3C=NC4=O)CC2)C1. The number of hydrogen-bond acceptors (Lipinski definition) is 11. The van der Waals surface area contributed by atoms with E-state index < -0.39 is 0 Å². The Morgan fingerprint density at radius 3 is 2.48 bits per heavy atom. The van der Waals surface area contributed by atoms with Gasteiger partial charge in [0, 0.05) is 80.2 Å². The smallest absolute Gasteiger partial charge is 0.277 e. The molecule has 0 radical (unpaired) electrons. The number of para-hydroxylation sites is 1. The van der Waals surface area contributed by atoms with Crippen molar-refractivity contribution in [3.05, 3.63) is 90.3 Å². The quantitative estimate of drug-likeness (QED) is 0.102. The number of likely N-dealkylation sites (tertiary alicyclic amines) is 1. The predicted octanol–water partition coefficient (Wildman–Crippen LogP) is 5.81. The maximum atomic E-state index is 13.5. The predicted molar refractivity (Wildman–Crippen MR) is 219 cm³/mol. The zero-order valence-corrected chi connectivity index (χ0v) is 32.3. The van der Waals surface area contributed by atoms with Crippen LogP contribution in [0, 0.1) is 0 Å². The van der Waals surface area contributed by atoms with E-state index in [0.717, 1.165) is 109 Å². The van der Waals surface area contributed by atoms with Crippen molar-refractivity contribution in [2.24, 2.45) is 4.99 Å². The second-order valence-corrected chi connectivity index (χ2v) is 15.5. The van der Waals surface area contributed by atoms with Gasteiger partial charge in [-0.15, -0.1) is 11.8 Å². The summed E-state index contributed by atoms with van der Waals surface area (Å²) in [6.07, 6.45) is 6.32. The number of nitrogens with two attached hydrogens (primary N) is 1. The number of anilines is 1. The number of benzene rings is 3. The molecule has 2 fully saturated rings. The Kier molecular flexibility index (Phi) is 12.0. The molecule has 0 unspecified atom stereocenters. The van der Waals surface area contributed by atoms with Gasteiger partial charge >= 0.3 is 0 Å². The van der Waals surface area contributed by atoms with Crippen LogP contribution in [0.25, 0.3) is 22.3 Å². The lowest BCUT2D eigenvalue weighted by molar-refractivity contribution is -0.133. The van der Waals surface area contributed by atoms with Crippen LogP contribution in [0.15, 0.2) is 89.0 Å². The summed E-state index contributed by atoms with van der Waals surface area (Å²) in [5, 5.41) is 5.78. The highest BCUT2D eigenvalue weighted by atomic mass is 32.2. The fourth-order valence-corrected chi connectivity index (χ4v) is 8.59. The summed E-state index contributed by atoms with van der Waals surface area (Å²) >= 11 is 1.70.